The van der Waals surface area contributed by atoms with Crippen LogP contribution in [0.5, 0.6) is 0 Å². The van der Waals surface area contributed by atoms with Gasteiger partial charge in [0.1, 0.15) is 5.82 Å². The van der Waals surface area contributed by atoms with Gasteiger partial charge in [-0.25, -0.2) is 4.39 Å². The second kappa shape index (κ2) is 6.12. The SMILES string of the molecule is COCc1ccc(CNc2cncc(F)c2)cc1. The normalized spacial score (nSPS) is 10.3. The molecule has 18 heavy (non-hydrogen) atoms. The Bertz CT molecular complexity index is 499. The summed E-state index contributed by atoms with van der Waals surface area (Å²) in [4.78, 5) is 3.78. The summed E-state index contributed by atoms with van der Waals surface area (Å²) in [5, 5.41) is 3.12. The van der Waals surface area contributed by atoms with E-state index in [0.717, 1.165) is 11.1 Å². The molecule has 0 fully saturated rings. The molecule has 1 N–H and O–H groups in total. The lowest BCUT2D eigenvalue weighted by Crippen LogP contribution is -2.00. The van der Waals surface area contributed by atoms with Crippen molar-refractivity contribution in [1.29, 1.82) is 0 Å². The number of halogens is 1. The molecule has 3 nitrogen and oxygen atoms in total. The largest absolute Gasteiger partial charge is 0.380 e. The van der Waals surface area contributed by atoms with Crippen LogP contribution < -0.4 is 5.32 Å². The minimum absolute atomic E-state index is 0.338. The van der Waals surface area contributed by atoms with Gasteiger partial charge in [-0.05, 0) is 11.1 Å². The summed E-state index contributed by atoms with van der Waals surface area (Å²) in [6.45, 7) is 1.25. The molecule has 0 spiro atoms. The molecular formula is C14H15FN2O. The lowest BCUT2D eigenvalue weighted by Gasteiger charge is -2.07. The Morgan fingerprint density at radius 2 is 1.89 bits per heavy atom. The molecule has 1 aromatic carbocycles. The standard InChI is InChI=1S/C14H15FN2O/c1-18-10-12-4-2-11(3-5-12)7-17-14-6-13(15)8-16-9-14/h2-6,8-9,17H,7,10H2,1H3. The molecule has 2 aromatic rings. The van der Waals surface area contributed by atoms with Gasteiger partial charge in [0.25, 0.3) is 0 Å². The van der Waals surface area contributed by atoms with Crippen LogP contribution in [0.2, 0.25) is 0 Å². The van der Waals surface area contributed by atoms with Crippen LogP contribution in [0.15, 0.2) is 42.7 Å². The quantitative estimate of drug-likeness (QED) is 0.880. The van der Waals surface area contributed by atoms with Crippen molar-refractivity contribution in [2.45, 2.75) is 13.2 Å². The Morgan fingerprint density at radius 3 is 2.56 bits per heavy atom. The molecule has 0 saturated heterocycles. The van der Waals surface area contributed by atoms with E-state index in [4.69, 9.17) is 4.74 Å². The number of hydrogen-bond acceptors (Lipinski definition) is 3. The van der Waals surface area contributed by atoms with E-state index in [1.807, 2.05) is 24.3 Å². The molecule has 0 amide bonds. The van der Waals surface area contributed by atoms with E-state index in [0.29, 0.717) is 18.8 Å². The number of rotatable bonds is 5. The van der Waals surface area contributed by atoms with Crippen molar-refractivity contribution >= 4 is 5.69 Å². The number of methoxy groups -OCH3 is 1. The Hall–Kier alpha value is -1.94. The Labute approximate surface area is 106 Å². The summed E-state index contributed by atoms with van der Waals surface area (Å²) in [6.07, 6.45) is 2.78. The zero-order chi connectivity index (χ0) is 12.8. The van der Waals surface area contributed by atoms with Gasteiger partial charge < -0.3 is 10.1 Å². The maximum absolute atomic E-state index is 12.9. The van der Waals surface area contributed by atoms with Gasteiger partial charge in [-0.3, -0.25) is 4.98 Å². The predicted octanol–water partition coefficient (Wildman–Crippen LogP) is 2.98. The fraction of sp³-hybridized carbons (Fsp3) is 0.214. The van der Waals surface area contributed by atoms with Gasteiger partial charge in [0.05, 0.1) is 24.7 Å². The number of anilines is 1. The third-order valence-corrected chi connectivity index (χ3v) is 2.54. The summed E-state index contributed by atoms with van der Waals surface area (Å²) in [7, 11) is 1.67. The van der Waals surface area contributed by atoms with Crippen molar-refractivity contribution in [1.82, 2.24) is 4.98 Å². The van der Waals surface area contributed by atoms with Crippen molar-refractivity contribution in [2.24, 2.45) is 0 Å². The fourth-order valence-electron chi connectivity index (χ4n) is 1.63. The highest BCUT2D eigenvalue weighted by Gasteiger charge is 1.97. The van der Waals surface area contributed by atoms with Gasteiger partial charge >= 0.3 is 0 Å². The highest BCUT2D eigenvalue weighted by molar-refractivity contribution is 5.41. The molecule has 2 rings (SSSR count). The molecule has 1 heterocycles. The third kappa shape index (κ3) is 3.53. The minimum atomic E-state index is -0.338. The average molecular weight is 246 g/mol. The molecule has 4 heteroatoms. The summed E-state index contributed by atoms with van der Waals surface area (Å²) >= 11 is 0. The van der Waals surface area contributed by atoms with Crippen LogP contribution in [0.1, 0.15) is 11.1 Å². The van der Waals surface area contributed by atoms with Crippen LogP contribution in [-0.4, -0.2) is 12.1 Å². The molecule has 0 saturated carbocycles. The number of nitrogens with one attached hydrogen (secondary N) is 1. The van der Waals surface area contributed by atoms with E-state index in [9.17, 15) is 4.39 Å². The van der Waals surface area contributed by atoms with Crippen molar-refractivity contribution in [3.63, 3.8) is 0 Å². The first-order valence-electron chi connectivity index (χ1n) is 5.69. The van der Waals surface area contributed by atoms with E-state index in [1.54, 1.807) is 13.3 Å². The molecule has 0 aliphatic carbocycles. The van der Waals surface area contributed by atoms with Gasteiger partial charge in [-0.1, -0.05) is 24.3 Å². The van der Waals surface area contributed by atoms with Crippen LogP contribution in [-0.2, 0) is 17.9 Å². The molecule has 0 unspecified atom stereocenters. The average Bonchev–Trinajstić information content (AvgIpc) is 2.38. The highest BCUT2D eigenvalue weighted by atomic mass is 19.1. The molecule has 94 valence electrons. The molecule has 0 aliphatic rings. The summed E-state index contributed by atoms with van der Waals surface area (Å²) in [5.41, 5.74) is 2.93. The van der Waals surface area contributed by atoms with Crippen LogP contribution in [0.3, 0.4) is 0 Å². The lowest BCUT2D eigenvalue weighted by atomic mass is 10.1. The first kappa shape index (κ1) is 12.5. The van der Waals surface area contributed by atoms with E-state index in [2.05, 4.69) is 10.3 Å². The van der Waals surface area contributed by atoms with Gasteiger partial charge in [0.15, 0.2) is 0 Å². The topological polar surface area (TPSA) is 34.1 Å². The molecule has 0 atom stereocenters. The number of aromatic nitrogens is 1. The van der Waals surface area contributed by atoms with Crippen LogP contribution in [0.4, 0.5) is 10.1 Å². The van der Waals surface area contributed by atoms with Crippen molar-refractivity contribution in [3.05, 3.63) is 59.7 Å². The van der Waals surface area contributed by atoms with E-state index in [-0.39, 0.29) is 5.82 Å². The van der Waals surface area contributed by atoms with Crippen molar-refractivity contribution in [3.8, 4) is 0 Å². The Kier molecular flexibility index (Phi) is 4.25. The van der Waals surface area contributed by atoms with Gasteiger partial charge in [0, 0.05) is 19.7 Å². The Morgan fingerprint density at radius 1 is 1.17 bits per heavy atom. The van der Waals surface area contributed by atoms with E-state index >= 15 is 0 Å². The maximum atomic E-state index is 12.9. The van der Waals surface area contributed by atoms with Gasteiger partial charge in [0.2, 0.25) is 0 Å². The molecule has 1 aromatic heterocycles. The van der Waals surface area contributed by atoms with E-state index < -0.39 is 0 Å². The van der Waals surface area contributed by atoms with Crippen molar-refractivity contribution in [2.75, 3.05) is 12.4 Å². The summed E-state index contributed by atoms with van der Waals surface area (Å²) in [5.74, 6) is -0.338. The van der Waals surface area contributed by atoms with Gasteiger partial charge in [-0.2, -0.15) is 0 Å². The van der Waals surface area contributed by atoms with Crippen molar-refractivity contribution < 1.29 is 9.13 Å². The highest BCUT2D eigenvalue weighted by Crippen LogP contribution is 2.10. The van der Waals surface area contributed by atoms with Crippen LogP contribution in [0, 0.1) is 5.82 Å². The second-order valence-corrected chi connectivity index (χ2v) is 3.99. The van der Waals surface area contributed by atoms with Crippen LogP contribution >= 0.6 is 0 Å². The molecule has 0 aliphatic heterocycles. The number of ether oxygens (including phenoxy) is 1. The molecule has 0 radical (unpaired) electrons. The summed E-state index contributed by atoms with van der Waals surface area (Å²) < 4.78 is 18.0. The Balaban J connectivity index is 1.93. The molecule has 0 bridgehead atoms. The molecular weight excluding hydrogens is 231 g/mol. The third-order valence-electron chi connectivity index (χ3n) is 2.54. The number of nitrogens with zero attached hydrogens (tertiary/aromatic N) is 1. The second-order valence-electron chi connectivity index (χ2n) is 3.99. The predicted molar refractivity (Wildman–Crippen MR) is 68.7 cm³/mol. The van der Waals surface area contributed by atoms with E-state index in [1.165, 1.54) is 12.3 Å². The number of pyridine rings is 1. The summed E-state index contributed by atoms with van der Waals surface area (Å²) in [6, 6.07) is 9.50. The number of hydrogen-bond donors (Lipinski definition) is 1. The number of benzene rings is 1. The van der Waals surface area contributed by atoms with Crippen LogP contribution in [0.25, 0.3) is 0 Å². The van der Waals surface area contributed by atoms with Gasteiger partial charge in [-0.15, -0.1) is 0 Å². The lowest BCUT2D eigenvalue weighted by molar-refractivity contribution is 0.185. The first-order chi connectivity index (χ1) is 8.78. The smallest absolute Gasteiger partial charge is 0.143 e. The zero-order valence-electron chi connectivity index (χ0n) is 10.2. The first-order valence-corrected chi connectivity index (χ1v) is 5.69. The fourth-order valence-corrected chi connectivity index (χ4v) is 1.63. The zero-order valence-corrected chi connectivity index (χ0v) is 10.2. The monoisotopic (exact) mass is 246 g/mol. The maximum Gasteiger partial charge on any atom is 0.143 e. The minimum Gasteiger partial charge on any atom is -0.380 e.